The molecule has 0 bridgehead atoms. The number of nitrogens with zero attached hydrogens (tertiary/aromatic N) is 2. The standard InChI is InChI=1S/C10H11IN2O/c1-13-8(3-5-10(13)14)7-2-4-9(11)12-6-7/h2,4,6,8H,3,5H2,1H3/t8-/m0/s1. The lowest BCUT2D eigenvalue weighted by molar-refractivity contribution is -0.127. The van der Waals surface area contributed by atoms with Gasteiger partial charge in [0.2, 0.25) is 5.91 Å². The fourth-order valence-electron chi connectivity index (χ4n) is 1.78. The summed E-state index contributed by atoms with van der Waals surface area (Å²) in [6, 6.07) is 4.26. The van der Waals surface area contributed by atoms with E-state index in [0.29, 0.717) is 6.42 Å². The molecule has 0 N–H and O–H groups in total. The molecule has 2 heterocycles. The molecule has 1 aromatic rings. The Morgan fingerprint density at radius 2 is 2.36 bits per heavy atom. The topological polar surface area (TPSA) is 33.2 Å². The van der Waals surface area contributed by atoms with Crippen molar-refractivity contribution in [2.24, 2.45) is 0 Å². The first-order valence-electron chi connectivity index (χ1n) is 4.55. The molecule has 0 spiro atoms. The van der Waals surface area contributed by atoms with Gasteiger partial charge in [-0.3, -0.25) is 4.79 Å². The lowest BCUT2D eigenvalue weighted by Gasteiger charge is -2.19. The first-order valence-corrected chi connectivity index (χ1v) is 5.63. The van der Waals surface area contributed by atoms with Crippen molar-refractivity contribution in [1.82, 2.24) is 9.88 Å². The maximum Gasteiger partial charge on any atom is 0.222 e. The summed E-state index contributed by atoms with van der Waals surface area (Å²) in [5, 5.41) is 0. The summed E-state index contributed by atoms with van der Waals surface area (Å²) in [6.07, 6.45) is 3.44. The first kappa shape index (κ1) is 9.89. The van der Waals surface area contributed by atoms with Crippen LogP contribution >= 0.6 is 22.6 Å². The van der Waals surface area contributed by atoms with Gasteiger partial charge in [0.25, 0.3) is 0 Å². The van der Waals surface area contributed by atoms with Gasteiger partial charge < -0.3 is 4.90 Å². The smallest absolute Gasteiger partial charge is 0.222 e. The molecule has 1 aromatic heterocycles. The van der Waals surface area contributed by atoms with Crippen LogP contribution in [0.2, 0.25) is 0 Å². The van der Waals surface area contributed by atoms with Gasteiger partial charge in [-0.2, -0.15) is 0 Å². The zero-order chi connectivity index (χ0) is 10.1. The number of rotatable bonds is 1. The number of carbonyl (C=O) groups is 1. The second kappa shape index (κ2) is 3.84. The van der Waals surface area contributed by atoms with Crippen LogP contribution in [0, 0.1) is 3.70 Å². The van der Waals surface area contributed by atoms with Crippen LogP contribution < -0.4 is 0 Å². The second-order valence-corrected chi connectivity index (χ2v) is 4.58. The van der Waals surface area contributed by atoms with E-state index in [1.807, 2.05) is 24.2 Å². The Morgan fingerprint density at radius 3 is 2.86 bits per heavy atom. The van der Waals surface area contributed by atoms with Gasteiger partial charge >= 0.3 is 0 Å². The van der Waals surface area contributed by atoms with Crippen LogP contribution in [0.15, 0.2) is 18.3 Å². The number of aromatic nitrogens is 1. The van der Waals surface area contributed by atoms with Crippen molar-refractivity contribution in [3.05, 3.63) is 27.6 Å². The highest BCUT2D eigenvalue weighted by molar-refractivity contribution is 14.1. The van der Waals surface area contributed by atoms with E-state index >= 15 is 0 Å². The zero-order valence-corrected chi connectivity index (χ0v) is 10.1. The highest BCUT2D eigenvalue weighted by Gasteiger charge is 2.28. The van der Waals surface area contributed by atoms with E-state index < -0.39 is 0 Å². The fraction of sp³-hybridized carbons (Fsp3) is 0.400. The van der Waals surface area contributed by atoms with Crippen LogP contribution in [0.1, 0.15) is 24.4 Å². The van der Waals surface area contributed by atoms with Gasteiger partial charge in [0.15, 0.2) is 0 Å². The SMILES string of the molecule is CN1C(=O)CC[C@H]1c1ccc(I)nc1. The number of hydrogen-bond donors (Lipinski definition) is 0. The van der Waals surface area contributed by atoms with Crippen molar-refractivity contribution >= 4 is 28.5 Å². The summed E-state index contributed by atoms with van der Waals surface area (Å²) in [5.41, 5.74) is 1.14. The van der Waals surface area contributed by atoms with Crippen LogP contribution in [0.25, 0.3) is 0 Å². The highest BCUT2D eigenvalue weighted by atomic mass is 127. The molecule has 2 rings (SSSR count). The Balaban J connectivity index is 2.23. The molecule has 3 nitrogen and oxygen atoms in total. The quantitative estimate of drug-likeness (QED) is 0.587. The second-order valence-electron chi connectivity index (χ2n) is 3.47. The fourth-order valence-corrected chi connectivity index (χ4v) is 2.10. The van der Waals surface area contributed by atoms with Crippen LogP contribution in [-0.2, 0) is 4.79 Å². The molecule has 1 atom stereocenters. The maximum atomic E-state index is 11.3. The van der Waals surface area contributed by atoms with Gasteiger partial charge in [-0.15, -0.1) is 0 Å². The molecular weight excluding hydrogens is 291 g/mol. The lowest BCUT2D eigenvalue weighted by Crippen LogP contribution is -2.22. The Hall–Kier alpha value is -0.650. The normalized spacial score (nSPS) is 21.7. The molecule has 1 fully saturated rings. The van der Waals surface area contributed by atoms with Gasteiger partial charge in [0, 0.05) is 19.7 Å². The summed E-state index contributed by atoms with van der Waals surface area (Å²) in [5.74, 6) is 0.230. The van der Waals surface area contributed by atoms with E-state index in [0.717, 1.165) is 15.7 Å². The minimum Gasteiger partial charge on any atom is -0.339 e. The molecular formula is C10H11IN2O. The van der Waals surface area contributed by atoms with E-state index in [1.54, 1.807) is 0 Å². The molecule has 0 unspecified atom stereocenters. The lowest BCUT2D eigenvalue weighted by atomic mass is 10.1. The Labute approximate surface area is 96.7 Å². The van der Waals surface area contributed by atoms with E-state index in [9.17, 15) is 4.79 Å². The van der Waals surface area contributed by atoms with Gasteiger partial charge in [0.1, 0.15) is 3.70 Å². The molecule has 74 valence electrons. The molecule has 0 radical (unpaired) electrons. The molecule has 1 aliphatic heterocycles. The third kappa shape index (κ3) is 1.75. The third-order valence-corrected chi connectivity index (χ3v) is 3.27. The van der Waals surface area contributed by atoms with Crippen molar-refractivity contribution in [1.29, 1.82) is 0 Å². The van der Waals surface area contributed by atoms with Crippen LogP contribution in [0.5, 0.6) is 0 Å². The van der Waals surface area contributed by atoms with Gasteiger partial charge in [0.05, 0.1) is 6.04 Å². The minimum absolute atomic E-state index is 0.229. The molecule has 14 heavy (non-hydrogen) atoms. The van der Waals surface area contributed by atoms with Crippen LogP contribution in [0.3, 0.4) is 0 Å². The van der Waals surface area contributed by atoms with E-state index in [2.05, 4.69) is 33.6 Å². The van der Waals surface area contributed by atoms with Crippen LogP contribution in [0.4, 0.5) is 0 Å². The number of amides is 1. The largest absolute Gasteiger partial charge is 0.339 e. The van der Waals surface area contributed by atoms with Gasteiger partial charge in [-0.1, -0.05) is 6.07 Å². The van der Waals surface area contributed by atoms with Crippen molar-refractivity contribution in [3.8, 4) is 0 Å². The third-order valence-electron chi connectivity index (χ3n) is 2.63. The predicted molar refractivity (Wildman–Crippen MR) is 61.7 cm³/mol. The summed E-state index contributed by atoms with van der Waals surface area (Å²) in [7, 11) is 1.86. The Morgan fingerprint density at radius 1 is 1.57 bits per heavy atom. The van der Waals surface area contributed by atoms with E-state index in [4.69, 9.17) is 0 Å². The number of pyridine rings is 1. The minimum atomic E-state index is 0.229. The zero-order valence-electron chi connectivity index (χ0n) is 7.90. The Bertz CT molecular complexity index is 350. The van der Waals surface area contributed by atoms with Crippen molar-refractivity contribution in [2.75, 3.05) is 7.05 Å². The maximum absolute atomic E-state index is 11.3. The summed E-state index contributed by atoms with van der Waals surface area (Å²) in [4.78, 5) is 17.4. The van der Waals surface area contributed by atoms with Crippen molar-refractivity contribution < 1.29 is 4.79 Å². The van der Waals surface area contributed by atoms with Gasteiger partial charge in [-0.25, -0.2) is 4.98 Å². The highest BCUT2D eigenvalue weighted by Crippen LogP contribution is 2.30. The molecule has 1 saturated heterocycles. The summed E-state index contributed by atoms with van der Waals surface area (Å²) in [6.45, 7) is 0. The monoisotopic (exact) mass is 302 g/mol. The number of carbonyl (C=O) groups excluding carboxylic acids is 1. The number of halogens is 1. The van der Waals surface area contributed by atoms with Gasteiger partial charge in [-0.05, 0) is 40.6 Å². The summed E-state index contributed by atoms with van der Waals surface area (Å²) < 4.78 is 0.985. The Kier molecular flexibility index (Phi) is 2.71. The molecule has 0 aliphatic carbocycles. The predicted octanol–water partition coefficient (Wildman–Crippen LogP) is 1.98. The number of likely N-dealkylation sites (tertiary alicyclic amines) is 1. The molecule has 1 amide bonds. The number of hydrogen-bond acceptors (Lipinski definition) is 2. The molecule has 1 aliphatic rings. The molecule has 4 heteroatoms. The van der Waals surface area contributed by atoms with Crippen molar-refractivity contribution in [2.45, 2.75) is 18.9 Å². The van der Waals surface area contributed by atoms with Crippen molar-refractivity contribution in [3.63, 3.8) is 0 Å². The average molecular weight is 302 g/mol. The molecule has 0 saturated carbocycles. The molecule has 0 aromatic carbocycles. The summed E-state index contributed by atoms with van der Waals surface area (Å²) >= 11 is 2.18. The average Bonchev–Trinajstić information content (AvgIpc) is 2.50. The van der Waals surface area contributed by atoms with E-state index in [-0.39, 0.29) is 11.9 Å². The first-order chi connectivity index (χ1) is 6.68. The van der Waals surface area contributed by atoms with Crippen LogP contribution in [-0.4, -0.2) is 22.8 Å². The van der Waals surface area contributed by atoms with E-state index in [1.165, 1.54) is 0 Å².